The first-order chi connectivity index (χ1) is 7.35. The summed E-state index contributed by atoms with van der Waals surface area (Å²) in [7, 11) is 0. The Hall–Kier alpha value is -1.49. The van der Waals surface area contributed by atoms with Gasteiger partial charge in [-0.25, -0.2) is 0 Å². The summed E-state index contributed by atoms with van der Waals surface area (Å²) in [6, 6.07) is 10.5. The largest absolute Gasteiger partial charge is 0.381 e. The fourth-order valence-electron chi connectivity index (χ4n) is 1.96. The summed E-state index contributed by atoms with van der Waals surface area (Å²) in [4.78, 5) is 0. The maximum Gasteiger partial charge on any atom is 0.101 e. The van der Waals surface area contributed by atoms with E-state index < -0.39 is 0 Å². The highest BCUT2D eigenvalue weighted by atomic mass is 14.9. The normalized spacial score (nSPS) is 16.8. The van der Waals surface area contributed by atoms with E-state index in [-0.39, 0.29) is 0 Å². The first-order valence-electron chi connectivity index (χ1n) is 5.60. The summed E-state index contributed by atoms with van der Waals surface area (Å²) in [5, 5.41) is 12.5. The molecule has 1 saturated carbocycles. The fraction of sp³-hybridized carbons (Fsp3) is 0.462. The van der Waals surface area contributed by atoms with E-state index >= 15 is 0 Å². The van der Waals surface area contributed by atoms with Crippen LogP contribution in [-0.2, 0) is 0 Å². The van der Waals surface area contributed by atoms with Crippen molar-refractivity contribution in [3.8, 4) is 6.07 Å². The molecule has 0 aromatic heterocycles. The Morgan fingerprint density at radius 1 is 1.47 bits per heavy atom. The minimum absolute atomic E-state index is 0.541. The Bertz CT molecular complexity index is 374. The van der Waals surface area contributed by atoms with E-state index in [4.69, 9.17) is 5.26 Å². The lowest BCUT2D eigenvalue weighted by molar-refractivity contribution is 0.616. The highest BCUT2D eigenvalue weighted by Gasteiger charge is 2.29. The molecule has 0 amide bonds. The summed E-state index contributed by atoms with van der Waals surface area (Å²) in [6.45, 7) is 2.20. The molecule has 2 heteroatoms. The summed E-state index contributed by atoms with van der Waals surface area (Å²) in [5.74, 6) is 0.821. The van der Waals surface area contributed by atoms with Crippen LogP contribution in [0.2, 0.25) is 0 Å². The molecule has 0 aliphatic heterocycles. The molecule has 0 heterocycles. The van der Waals surface area contributed by atoms with Gasteiger partial charge in [-0.3, -0.25) is 0 Å². The third kappa shape index (κ3) is 2.30. The average molecular weight is 200 g/mol. The van der Waals surface area contributed by atoms with Gasteiger partial charge < -0.3 is 5.32 Å². The lowest BCUT2D eigenvalue weighted by Gasteiger charge is -2.18. The SMILES string of the molecule is CCC(Nc1ccccc1C#N)C1CC1. The van der Waals surface area contributed by atoms with Gasteiger partial charge in [-0.2, -0.15) is 5.26 Å². The Morgan fingerprint density at radius 3 is 2.80 bits per heavy atom. The van der Waals surface area contributed by atoms with Crippen LogP contribution >= 0.6 is 0 Å². The molecule has 1 N–H and O–H groups in total. The molecule has 0 bridgehead atoms. The molecule has 1 aliphatic rings. The van der Waals surface area contributed by atoms with Gasteiger partial charge in [-0.05, 0) is 37.3 Å². The maximum atomic E-state index is 8.97. The highest BCUT2D eigenvalue weighted by molar-refractivity contribution is 5.57. The third-order valence-corrected chi connectivity index (χ3v) is 3.02. The van der Waals surface area contributed by atoms with Crippen LogP contribution in [0.25, 0.3) is 0 Å². The third-order valence-electron chi connectivity index (χ3n) is 3.02. The molecule has 1 atom stereocenters. The van der Waals surface area contributed by atoms with Gasteiger partial charge in [0.1, 0.15) is 6.07 Å². The van der Waals surface area contributed by atoms with Crippen molar-refractivity contribution in [2.75, 3.05) is 5.32 Å². The molecule has 1 aromatic carbocycles. The predicted octanol–water partition coefficient (Wildman–Crippen LogP) is 3.16. The number of hydrogen-bond acceptors (Lipinski definition) is 2. The molecule has 0 saturated heterocycles. The van der Waals surface area contributed by atoms with Gasteiger partial charge in [0, 0.05) is 6.04 Å². The molecule has 0 radical (unpaired) electrons. The van der Waals surface area contributed by atoms with Gasteiger partial charge in [0.25, 0.3) is 0 Å². The van der Waals surface area contributed by atoms with Crippen LogP contribution in [0.1, 0.15) is 31.7 Å². The van der Waals surface area contributed by atoms with Crippen LogP contribution in [-0.4, -0.2) is 6.04 Å². The van der Waals surface area contributed by atoms with E-state index in [0.717, 1.165) is 23.6 Å². The molecule has 0 spiro atoms. The zero-order chi connectivity index (χ0) is 10.7. The fourth-order valence-corrected chi connectivity index (χ4v) is 1.96. The van der Waals surface area contributed by atoms with Crippen molar-refractivity contribution >= 4 is 5.69 Å². The van der Waals surface area contributed by atoms with Crippen molar-refractivity contribution in [2.24, 2.45) is 5.92 Å². The first kappa shape index (κ1) is 10.0. The smallest absolute Gasteiger partial charge is 0.101 e. The number of hydrogen-bond donors (Lipinski definition) is 1. The molecule has 2 nitrogen and oxygen atoms in total. The van der Waals surface area contributed by atoms with Gasteiger partial charge in [-0.1, -0.05) is 19.1 Å². The van der Waals surface area contributed by atoms with Crippen molar-refractivity contribution in [3.63, 3.8) is 0 Å². The van der Waals surface area contributed by atoms with E-state index in [0.29, 0.717) is 6.04 Å². The van der Waals surface area contributed by atoms with E-state index in [9.17, 15) is 0 Å². The van der Waals surface area contributed by atoms with Crippen molar-refractivity contribution in [3.05, 3.63) is 29.8 Å². The predicted molar refractivity (Wildman–Crippen MR) is 61.6 cm³/mol. The topological polar surface area (TPSA) is 35.8 Å². The second kappa shape index (κ2) is 4.35. The molecule has 1 unspecified atom stereocenters. The zero-order valence-electron chi connectivity index (χ0n) is 9.03. The summed E-state index contributed by atoms with van der Waals surface area (Å²) in [6.07, 6.45) is 3.80. The van der Waals surface area contributed by atoms with Crippen LogP contribution in [0, 0.1) is 17.2 Å². The van der Waals surface area contributed by atoms with E-state index in [1.807, 2.05) is 24.3 Å². The number of nitrogens with zero attached hydrogens (tertiary/aromatic N) is 1. The van der Waals surface area contributed by atoms with Gasteiger partial charge in [0.05, 0.1) is 11.3 Å². The van der Waals surface area contributed by atoms with Crippen molar-refractivity contribution in [1.82, 2.24) is 0 Å². The first-order valence-corrected chi connectivity index (χ1v) is 5.60. The van der Waals surface area contributed by atoms with Crippen molar-refractivity contribution < 1.29 is 0 Å². The summed E-state index contributed by atoms with van der Waals surface area (Å²) >= 11 is 0. The van der Waals surface area contributed by atoms with Gasteiger partial charge in [-0.15, -0.1) is 0 Å². The Kier molecular flexibility index (Phi) is 2.91. The van der Waals surface area contributed by atoms with Gasteiger partial charge >= 0.3 is 0 Å². The van der Waals surface area contributed by atoms with Crippen molar-refractivity contribution in [2.45, 2.75) is 32.2 Å². The van der Waals surface area contributed by atoms with E-state index in [1.54, 1.807) is 0 Å². The highest BCUT2D eigenvalue weighted by Crippen LogP contribution is 2.35. The number of anilines is 1. The Morgan fingerprint density at radius 2 is 2.20 bits per heavy atom. The monoisotopic (exact) mass is 200 g/mol. The Labute approximate surface area is 90.9 Å². The lowest BCUT2D eigenvalue weighted by atomic mass is 10.1. The van der Waals surface area contributed by atoms with Gasteiger partial charge in [0.15, 0.2) is 0 Å². The molecular weight excluding hydrogens is 184 g/mol. The summed E-state index contributed by atoms with van der Waals surface area (Å²) in [5.41, 5.74) is 1.73. The van der Waals surface area contributed by atoms with Gasteiger partial charge in [0.2, 0.25) is 0 Å². The standard InChI is InChI=1S/C13H16N2/c1-2-12(10-7-8-10)15-13-6-4-3-5-11(13)9-14/h3-6,10,12,15H,2,7-8H2,1H3. The number of rotatable bonds is 4. The molecule has 15 heavy (non-hydrogen) atoms. The minimum Gasteiger partial charge on any atom is -0.381 e. The maximum absolute atomic E-state index is 8.97. The lowest BCUT2D eigenvalue weighted by Crippen LogP contribution is -2.21. The molecule has 1 fully saturated rings. The number of para-hydroxylation sites is 1. The second-order valence-corrected chi connectivity index (χ2v) is 4.15. The molecule has 1 aromatic rings. The quantitative estimate of drug-likeness (QED) is 0.810. The average Bonchev–Trinajstić information content (AvgIpc) is 3.10. The number of nitrogens with one attached hydrogen (secondary N) is 1. The van der Waals surface area contributed by atoms with Crippen LogP contribution < -0.4 is 5.32 Å². The van der Waals surface area contributed by atoms with Crippen LogP contribution in [0.3, 0.4) is 0 Å². The summed E-state index contributed by atoms with van der Waals surface area (Å²) < 4.78 is 0. The van der Waals surface area contributed by atoms with Crippen LogP contribution in [0.4, 0.5) is 5.69 Å². The zero-order valence-corrected chi connectivity index (χ0v) is 9.03. The molecule has 2 rings (SSSR count). The molecular formula is C13H16N2. The van der Waals surface area contributed by atoms with Crippen LogP contribution in [0.5, 0.6) is 0 Å². The number of nitriles is 1. The minimum atomic E-state index is 0.541. The van der Waals surface area contributed by atoms with Crippen molar-refractivity contribution in [1.29, 1.82) is 5.26 Å². The van der Waals surface area contributed by atoms with E-state index in [2.05, 4.69) is 18.3 Å². The second-order valence-electron chi connectivity index (χ2n) is 4.15. The van der Waals surface area contributed by atoms with Crippen LogP contribution in [0.15, 0.2) is 24.3 Å². The van der Waals surface area contributed by atoms with E-state index in [1.165, 1.54) is 12.8 Å². The number of benzene rings is 1. The molecule has 78 valence electrons. The molecule has 1 aliphatic carbocycles. The Balaban J connectivity index is 2.12.